The van der Waals surface area contributed by atoms with Crippen molar-refractivity contribution in [1.29, 1.82) is 0 Å². The molecule has 0 aliphatic rings. The lowest BCUT2D eigenvalue weighted by Crippen LogP contribution is -2.20. The van der Waals surface area contributed by atoms with Gasteiger partial charge in [-0.15, -0.1) is 0 Å². The van der Waals surface area contributed by atoms with Gasteiger partial charge in [0.1, 0.15) is 5.82 Å². The molecule has 0 radical (unpaired) electrons. The van der Waals surface area contributed by atoms with Gasteiger partial charge in [0.15, 0.2) is 6.04 Å². The Morgan fingerprint density at radius 2 is 2.00 bits per heavy atom. The Labute approximate surface area is 115 Å². The van der Waals surface area contributed by atoms with Gasteiger partial charge in [0.05, 0.1) is 0 Å². The number of rotatable bonds is 5. The predicted octanol–water partition coefficient (Wildman–Crippen LogP) is 2.90. The molecule has 0 fully saturated rings. The fourth-order valence-electron chi connectivity index (χ4n) is 1.58. The van der Waals surface area contributed by atoms with Crippen LogP contribution in [0.1, 0.15) is 37.2 Å². The number of benzene rings is 1. The van der Waals surface area contributed by atoms with Gasteiger partial charge in [-0.05, 0) is 5.56 Å². The van der Waals surface area contributed by atoms with Crippen molar-refractivity contribution in [1.82, 2.24) is 9.36 Å². The molecule has 2 N–H and O–H groups in total. The standard InChI is InChI=1S/C13H15N3O2S/c1-8(2)11-15-13(19-16-11)14-10(12(17)18)9-6-4-3-5-7-9/h3-8,10H,1-2H3,(H,17,18)(H,14,15,16). The van der Waals surface area contributed by atoms with Crippen molar-refractivity contribution < 1.29 is 9.90 Å². The molecule has 0 saturated carbocycles. The van der Waals surface area contributed by atoms with Crippen molar-refractivity contribution in [2.75, 3.05) is 5.32 Å². The zero-order valence-corrected chi connectivity index (χ0v) is 11.5. The Kier molecular flexibility index (Phi) is 4.11. The van der Waals surface area contributed by atoms with Crippen molar-refractivity contribution in [3.8, 4) is 0 Å². The minimum atomic E-state index is -0.938. The molecular weight excluding hydrogens is 262 g/mol. The number of nitrogens with one attached hydrogen (secondary N) is 1. The monoisotopic (exact) mass is 277 g/mol. The van der Waals surface area contributed by atoms with Crippen molar-refractivity contribution in [2.24, 2.45) is 0 Å². The second-order valence-corrected chi connectivity index (χ2v) is 5.19. The second kappa shape index (κ2) is 5.79. The molecule has 5 nitrogen and oxygen atoms in total. The van der Waals surface area contributed by atoms with Crippen LogP contribution >= 0.6 is 11.5 Å². The van der Waals surface area contributed by atoms with Crippen LogP contribution in [0, 0.1) is 0 Å². The van der Waals surface area contributed by atoms with Crippen LogP contribution in [0.5, 0.6) is 0 Å². The fraction of sp³-hybridized carbons (Fsp3) is 0.308. The third-order valence-corrected chi connectivity index (χ3v) is 3.27. The van der Waals surface area contributed by atoms with Crippen LogP contribution in [0.3, 0.4) is 0 Å². The summed E-state index contributed by atoms with van der Waals surface area (Å²) in [5, 5.41) is 12.7. The molecule has 1 aromatic heterocycles. The number of hydrogen-bond acceptors (Lipinski definition) is 5. The molecule has 0 saturated heterocycles. The third-order valence-electron chi connectivity index (χ3n) is 2.61. The molecule has 1 atom stereocenters. The number of anilines is 1. The van der Waals surface area contributed by atoms with Gasteiger partial charge in [-0.1, -0.05) is 44.2 Å². The summed E-state index contributed by atoms with van der Waals surface area (Å²) in [6, 6.07) is 8.21. The highest BCUT2D eigenvalue weighted by Crippen LogP contribution is 2.23. The average Bonchev–Trinajstić information content (AvgIpc) is 2.85. The Hall–Kier alpha value is -1.95. The summed E-state index contributed by atoms with van der Waals surface area (Å²) in [7, 11) is 0. The summed E-state index contributed by atoms with van der Waals surface area (Å²) < 4.78 is 4.20. The Bertz CT molecular complexity index is 554. The minimum Gasteiger partial charge on any atom is -0.479 e. The first kappa shape index (κ1) is 13.5. The average molecular weight is 277 g/mol. The van der Waals surface area contributed by atoms with E-state index in [0.717, 1.165) is 5.82 Å². The molecule has 0 bridgehead atoms. The van der Waals surface area contributed by atoms with Crippen LogP contribution in [0.4, 0.5) is 5.13 Å². The van der Waals surface area contributed by atoms with E-state index in [1.807, 2.05) is 32.0 Å². The van der Waals surface area contributed by atoms with Gasteiger partial charge in [-0.2, -0.15) is 4.37 Å². The zero-order chi connectivity index (χ0) is 13.8. The van der Waals surface area contributed by atoms with Crippen LogP contribution in [-0.2, 0) is 4.79 Å². The van der Waals surface area contributed by atoms with E-state index in [0.29, 0.717) is 10.7 Å². The van der Waals surface area contributed by atoms with Gasteiger partial charge in [0.25, 0.3) is 0 Å². The van der Waals surface area contributed by atoms with E-state index in [9.17, 15) is 9.90 Å². The summed E-state index contributed by atoms with van der Waals surface area (Å²) in [5.41, 5.74) is 0.691. The highest BCUT2D eigenvalue weighted by molar-refractivity contribution is 7.09. The predicted molar refractivity (Wildman–Crippen MR) is 74.4 cm³/mol. The van der Waals surface area contributed by atoms with E-state index < -0.39 is 12.0 Å². The smallest absolute Gasteiger partial charge is 0.330 e. The number of hydrogen-bond donors (Lipinski definition) is 2. The van der Waals surface area contributed by atoms with Crippen molar-refractivity contribution in [3.63, 3.8) is 0 Å². The number of carbonyl (C=O) groups is 1. The summed E-state index contributed by atoms with van der Waals surface area (Å²) >= 11 is 1.18. The summed E-state index contributed by atoms with van der Waals surface area (Å²) in [6.07, 6.45) is 0. The van der Waals surface area contributed by atoms with E-state index in [1.54, 1.807) is 12.1 Å². The molecule has 2 aromatic rings. The van der Waals surface area contributed by atoms with Gasteiger partial charge in [0, 0.05) is 17.5 Å². The van der Waals surface area contributed by atoms with Crippen LogP contribution in [-0.4, -0.2) is 20.4 Å². The number of nitrogens with zero attached hydrogens (tertiary/aromatic N) is 2. The number of aliphatic carboxylic acids is 1. The molecule has 6 heteroatoms. The maximum Gasteiger partial charge on any atom is 0.330 e. The largest absolute Gasteiger partial charge is 0.479 e. The molecular formula is C13H15N3O2S. The van der Waals surface area contributed by atoms with E-state index >= 15 is 0 Å². The SMILES string of the molecule is CC(C)c1nsc(NC(C(=O)O)c2ccccc2)n1. The number of aromatic nitrogens is 2. The Balaban J connectivity index is 2.19. The highest BCUT2D eigenvalue weighted by Gasteiger charge is 2.21. The second-order valence-electron chi connectivity index (χ2n) is 4.44. The lowest BCUT2D eigenvalue weighted by Gasteiger charge is -2.13. The first-order valence-electron chi connectivity index (χ1n) is 5.96. The first-order chi connectivity index (χ1) is 9.08. The van der Waals surface area contributed by atoms with E-state index in [1.165, 1.54) is 11.5 Å². The van der Waals surface area contributed by atoms with Gasteiger partial charge in [0.2, 0.25) is 5.13 Å². The maximum atomic E-state index is 11.3. The molecule has 1 unspecified atom stereocenters. The first-order valence-corrected chi connectivity index (χ1v) is 6.73. The van der Waals surface area contributed by atoms with E-state index in [-0.39, 0.29) is 5.92 Å². The van der Waals surface area contributed by atoms with E-state index in [4.69, 9.17) is 0 Å². The molecule has 19 heavy (non-hydrogen) atoms. The maximum absolute atomic E-state index is 11.3. The molecule has 0 aliphatic heterocycles. The third kappa shape index (κ3) is 3.29. The molecule has 0 spiro atoms. The lowest BCUT2D eigenvalue weighted by atomic mass is 10.1. The van der Waals surface area contributed by atoms with Crippen LogP contribution in [0.25, 0.3) is 0 Å². The quantitative estimate of drug-likeness (QED) is 0.879. The molecule has 100 valence electrons. The number of carboxylic acids is 1. The summed E-state index contributed by atoms with van der Waals surface area (Å²) in [6.45, 7) is 4.00. The highest BCUT2D eigenvalue weighted by atomic mass is 32.1. The van der Waals surface area contributed by atoms with Gasteiger partial charge in [-0.25, -0.2) is 9.78 Å². The molecule has 2 rings (SSSR count). The van der Waals surface area contributed by atoms with Crippen molar-refractivity contribution >= 4 is 22.6 Å². The molecule has 0 amide bonds. The van der Waals surface area contributed by atoms with E-state index in [2.05, 4.69) is 14.7 Å². The lowest BCUT2D eigenvalue weighted by molar-refractivity contribution is -0.138. The van der Waals surface area contributed by atoms with Gasteiger partial charge in [-0.3, -0.25) is 0 Å². The molecule has 1 aromatic carbocycles. The van der Waals surface area contributed by atoms with Crippen LogP contribution < -0.4 is 5.32 Å². The van der Waals surface area contributed by atoms with Crippen molar-refractivity contribution in [2.45, 2.75) is 25.8 Å². The Morgan fingerprint density at radius 3 is 2.53 bits per heavy atom. The summed E-state index contributed by atoms with van der Waals surface area (Å²) in [5.74, 6) is 0.0176. The fourth-order valence-corrected chi connectivity index (χ4v) is 2.32. The number of carboxylic acid groups (broad SMARTS) is 1. The topological polar surface area (TPSA) is 75.1 Å². The molecule has 0 aliphatic carbocycles. The van der Waals surface area contributed by atoms with Gasteiger partial charge >= 0.3 is 5.97 Å². The van der Waals surface area contributed by atoms with Crippen LogP contribution in [0.2, 0.25) is 0 Å². The van der Waals surface area contributed by atoms with Gasteiger partial charge < -0.3 is 10.4 Å². The molecule has 1 heterocycles. The van der Waals surface area contributed by atoms with Crippen molar-refractivity contribution in [3.05, 3.63) is 41.7 Å². The normalized spacial score (nSPS) is 12.4. The minimum absolute atomic E-state index is 0.229. The van der Waals surface area contributed by atoms with Crippen LogP contribution in [0.15, 0.2) is 30.3 Å². The zero-order valence-electron chi connectivity index (χ0n) is 10.7. The Morgan fingerprint density at radius 1 is 1.32 bits per heavy atom. The summed E-state index contributed by atoms with van der Waals surface area (Å²) in [4.78, 5) is 15.6.